The van der Waals surface area contributed by atoms with Crippen molar-refractivity contribution in [3.8, 4) is 0 Å². The summed E-state index contributed by atoms with van der Waals surface area (Å²) in [4.78, 5) is 11.4. The van der Waals surface area contributed by atoms with Gasteiger partial charge in [-0.1, -0.05) is 24.3 Å². The van der Waals surface area contributed by atoms with Crippen molar-refractivity contribution in [1.82, 2.24) is 15.0 Å². The first-order valence-corrected chi connectivity index (χ1v) is 6.41. The van der Waals surface area contributed by atoms with E-state index >= 15 is 0 Å². The number of aryl methyl sites for hydroxylation is 1. The lowest BCUT2D eigenvalue weighted by Gasteiger charge is -2.09. The van der Waals surface area contributed by atoms with E-state index in [0.717, 1.165) is 16.9 Å². The zero-order valence-corrected chi connectivity index (χ0v) is 11.2. The molecule has 2 heterocycles. The molecule has 19 heavy (non-hydrogen) atoms. The minimum atomic E-state index is 0.238. The van der Waals surface area contributed by atoms with Gasteiger partial charge in [0.15, 0.2) is 0 Å². The molecule has 3 rings (SSSR count). The van der Waals surface area contributed by atoms with E-state index in [-0.39, 0.29) is 5.28 Å². The van der Waals surface area contributed by atoms with Gasteiger partial charge in [0.1, 0.15) is 11.5 Å². The lowest BCUT2D eigenvalue weighted by Crippen LogP contribution is -2.04. The van der Waals surface area contributed by atoms with E-state index in [1.165, 1.54) is 11.1 Å². The molecule has 4 nitrogen and oxygen atoms in total. The summed E-state index contributed by atoms with van der Waals surface area (Å²) in [5.74, 6) is 0.750. The standard InChI is InChI=1S/C14H13ClN4/c1-9-4-2-3-5-10(9)8-17-13-11-6-7-16-12(11)18-14(15)19-13/h2-7H,8H2,1H3,(H2,16,17,18,19). The maximum absolute atomic E-state index is 5.91. The van der Waals surface area contributed by atoms with Crippen LogP contribution in [0.15, 0.2) is 36.5 Å². The van der Waals surface area contributed by atoms with Crippen molar-refractivity contribution in [2.45, 2.75) is 13.5 Å². The summed E-state index contributed by atoms with van der Waals surface area (Å²) in [6.45, 7) is 2.80. The Kier molecular flexibility index (Phi) is 3.09. The van der Waals surface area contributed by atoms with Crippen LogP contribution in [0.25, 0.3) is 11.0 Å². The Balaban J connectivity index is 1.90. The largest absolute Gasteiger partial charge is 0.365 e. The molecule has 0 fully saturated rings. The number of fused-ring (bicyclic) bond motifs is 1. The molecule has 3 aromatic rings. The number of nitrogens with one attached hydrogen (secondary N) is 2. The number of rotatable bonds is 3. The molecule has 0 amide bonds. The minimum Gasteiger partial charge on any atom is -0.365 e. The van der Waals surface area contributed by atoms with Crippen molar-refractivity contribution in [2.75, 3.05) is 5.32 Å². The fourth-order valence-electron chi connectivity index (χ4n) is 2.04. The number of aromatic amines is 1. The summed E-state index contributed by atoms with van der Waals surface area (Å²) >= 11 is 5.91. The molecule has 0 spiro atoms. The molecule has 0 bridgehead atoms. The lowest BCUT2D eigenvalue weighted by molar-refractivity contribution is 1.08. The Bertz CT molecular complexity index is 720. The van der Waals surface area contributed by atoms with Gasteiger partial charge in [-0.05, 0) is 35.7 Å². The lowest BCUT2D eigenvalue weighted by atomic mass is 10.1. The average Bonchev–Trinajstić information content (AvgIpc) is 2.85. The van der Waals surface area contributed by atoms with Gasteiger partial charge in [-0.15, -0.1) is 0 Å². The fraction of sp³-hybridized carbons (Fsp3) is 0.143. The normalized spacial score (nSPS) is 10.8. The number of anilines is 1. The van der Waals surface area contributed by atoms with Crippen LogP contribution in [0, 0.1) is 6.92 Å². The van der Waals surface area contributed by atoms with Crippen LogP contribution < -0.4 is 5.32 Å². The summed E-state index contributed by atoms with van der Waals surface area (Å²) < 4.78 is 0. The maximum Gasteiger partial charge on any atom is 0.226 e. The Morgan fingerprint density at radius 2 is 2.05 bits per heavy atom. The molecule has 96 valence electrons. The second-order valence-corrected chi connectivity index (χ2v) is 4.70. The summed E-state index contributed by atoms with van der Waals surface area (Å²) in [6, 6.07) is 10.2. The third-order valence-electron chi connectivity index (χ3n) is 3.10. The number of H-pyrrole nitrogens is 1. The highest BCUT2D eigenvalue weighted by molar-refractivity contribution is 6.28. The van der Waals surface area contributed by atoms with Crippen LogP contribution in [0.1, 0.15) is 11.1 Å². The first-order valence-electron chi connectivity index (χ1n) is 6.03. The number of nitrogens with zero attached hydrogens (tertiary/aromatic N) is 2. The molecule has 0 unspecified atom stereocenters. The van der Waals surface area contributed by atoms with E-state index < -0.39 is 0 Å². The van der Waals surface area contributed by atoms with Crippen molar-refractivity contribution < 1.29 is 0 Å². The smallest absolute Gasteiger partial charge is 0.226 e. The first-order chi connectivity index (χ1) is 9.24. The summed E-state index contributed by atoms with van der Waals surface area (Å²) in [5.41, 5.74) is 3.23. The van der Waals surface area contributed by atoms with Gasteiger partial charge in [0, 0.05) is 12.7 Å². The SMILES string of the molecule is Cc1ccccc1CNc1nc(Cl)nc2[nH]ccc12. The van der Waals surface area contributed by atoms with Crippen LogP contribution >= 0.6 is 11.6 Å². The topological polar surface area (TPSA) is 53.6 Å². The predicted molar refractivity (Wildman–Crippen MR) is 77.4 cm³/mol. The van der Waals surface area contributed by atoms with Crippen molar-refractivity contribution in [3.63, 3.8) is 0 Å². The van der Waals surface area contributed by atoms with E-state index in [4.69, 9.17) is 11.6 Å². The van der Waals surface area contributed by atoms with E-state index in [1.54, 1.807) is 0 Å². The minimum absolute atomic E-state index is 0.238. The Labute approximate surface area is 115 Å². The fourth-order valence-corrected chi connectivity index (χ4v) is 2.21. The van der Waals surface area contributed by atoms with Gasteiger partial charge in [0.25, 0.3) is 0 Å². The number of halogens is 1. The van der Waals surface area contributed by atoms with Crippen molar-refractivity contribution in [1.29, 1.82) is 0 Å². The third kappa shape index (κ3) is 2.39. The molecule has 2 aromatic heterocycles. The quantitative estimate of drug-likeness (QED) is 0.717. The van der Waals surface area contributed by atoms with Crippen LogP contribution in [0.4, 0.5) is 5.82 Å². The maximum atomic E-state index is 5.91. The molecule has 0 atom stereocenters. The van der Waals surface area contributed by atoms with E-state index in [9.17, 15) is 0 Å². The molecule has 0 saturated heterocycles. The first kappa shape index (κ1) is 12.0. The van der Waals surface area contributed by atoms with Crippen LogP contribution in [0.5, 0.6) is 0 Å². The Morgan fingerprint density at radius 1 is 1.21 bits per heavy atom. The van der Waals surface area contributed by atoms with E-state index in [2.05, 4.69) is 39.3 Å². The van der Waals surface area contributed by atoms with E-state index in [1.807, 2.05) is 24.4 Å². The molecular formula is C14H13ClN4. The van der Waals surface area contributed by atoms with Gasteiger partial charge < -0.3 is 10.3 Å². The summed E-state index contributed by atoms with van der Waals surface area (Å²) in [6.07, 6.45) is 1.83. The molecule has 0 aliphatic carbocycles. The molecule has 1 aromatic carbocycles. The number of aromatic nitrogens is 3. The molecule has 0 saturated carbocycles. The van der Waals surface area contributed by atoms with Gasteiger partial charge in [-0.3, -0.25) is 0 Å². The molecule has 0 aliphatic heterocycles. The Morgan fingerprint density at radius 3 is 2.89 bits per heavy atom. The average molecular weight is 273 g/mol. The highest BCUT2D eigenvalue weighted by atomic mass is 35.5. The Hall–Kier alpha value is -2.07. The van der Waals surface area contributed by atoms with Crippen LogP contribution in [-0.2, 0) is 6.54 Å². The van der Waals surface area contributed by atoms with Gasteiger partial charge in [-0.2, -0.15) is 4.98 Å². The highest BCUT2D eigenvalue weighted by Gasteiger charge is 2.07. The van der Waals surface area contributed by atoms with Gasteiger partial charge >= 0.3 is 0 Å². The van der Waals surface area contributed by atoms with Gasteiger partial charge in [0.2, 0.25) is 5.28 Å². The zero-order valence-electron chi connectivity index (χ0n) is 10.4. The molecule has 0 radical (unpaired) electrons. The molecule has 2 N–H and O–H groups in total. The van der Waals surface area contributed by atoms with Crippen molar-refractivity contribution in [3.05, 3.63) is 52.9 Å². The molecule has 0 aliphatic rings. The second kappa shape index (κ2) is 4.90. The second-order valence-electron chi connectivity index (χ2n) is 4.36. The van der Waals surface area contributed by atoms with Crippen molar-refractivity contribution >= 4 is 28.5 Å². The third-order valence-corrected chi connectivity index (χ3v) is 3.26. The van der Waals surface area contributed by atoms with Gasteiger partial charge in [0.05, 0.1) is 5.39 Å². The molecule has 5 heteroatoms. The predicted octanol–water partition coefficient (Wildman–Crippen LogP) is 3.53. The van der Waals surface area contributed by atoms with Gasteiger partial charge in [-0.25, -0.2) is 4.98 Å². The van der Waals surface area contributed by atoms with Crippen LogP contribution in [-0.4, -0.2) is 15.0 Å². The van der Waals surface area contributed by atoms with Crippen LogP contribution in [0.2, 0.25) is 5.28 Å². The number of hydrogen-bond acceptors (Lipinski definition) is 3. The monoisotopic (exact) mass is 272 g/mol. The van der Waals surface area contributed by atoms with E-state index in [0.29, 0.717) is 6.54 Å². The number of benzene rings is 1. The van der Waals surface area contributed by atoms with Crippen LogP contribution in [0.3, 0.4) is 0 Å². The highest BCUT2D eigenvalue weighted by Crippen LogP contribution is 2.21. The zero-order chi connectivity index (χ0) is 13.2. The summed E-state index contributed by atoms with van der Waals surface area (Å²) in [5, 5.41) is 4.50. The molecular weight excluding hydrogens is 260 g/mol. The number of hydrogen-bond donors (Lipinski definition) is 2. The summed E-state index contributed by atoms with van der Waals surface area (Å²) in [7, 11) is 0. The van der Waals surface area contributed by atoms with Crippen molar-refractivity contribution in [2.24, 2.45) is 0 Å².